The summed E-state index contributed by atoms with van der Waals surface area (Å²) in [5, 5.41) is 16.5. The Balaban J connectivity index is 1.97. The molecule has 1 aliphatic carbocycles. The molecule has 1 aromatic carbocycles. The number of aliphatic hydroxyl groups is 1. The first-order chi connectivity index (χ1) is 13.7. The number of benzene rings is 1. The first-order valence-corrected chi connectivity index (χ1v) is 10.2. The van der Waals surface area contributed by atoms with Crippen molar-refractivity contribution in [2.75, 3.05) is 13.2 Å². The van der Waals surface area contributed by atoms with Gasteiger partial charge in [-0.15, -0.1) is 0 Å². The average Bonchev–Trinajstić information content (AvgIpc) is 3.00. The maximum atomic E-state index is 12.8. The highest BCUT2D eigenvalue weighted by atomic mass is 16.5. The Labute approximate surface area is 170 Å². The lowest BCUT2D eigenvalue weighted by molar-refractivity contribution is -0.159. The van der Waals surface area contributed by atoms with Gasteiger partial charge in [-0.05, 0) is 43.9 Å². The molecule has 1 heterocycles. The summed E-state index contributed by atoms with van der Waals surface area (Å²) in [6, 6.07) is 7.36. The van der Waals surface area contributed by atoms with Crippen LogP contribution in [0, 0.1) is 11.8 Å². The molecule has 1 aromatic heterocycles. The van der Waals surface area contributed by atoms with Crippen LogP contribution in [0.2, 0.25) is 0 Å². The topological polar surface area (TPSA) is 104 Å². The summed E-state index contributed by atoms with van der Waals surface area (Å²) in [6.07, 6.45) is 1.12. The molecule has 0 bridgehead atoms. The lowest BCUT2D eigenvalue weighted by Gasteiger charge is -2.40. The van der Waals surface area contributed by atoms with E-state index in [0.29, 0.717) is 23.8 Å². The lowest BCUT2D eigenvalue weighted by Crippen LogP contribution is -2.50. The van der Waals surface area contributed by atoms with Gasteiger partial charge in [0.15, 0.2) is 0 Å². The molecule has 158 valence electrons. The summed E-state index contributed by atoms with van der Waals surface area (Å²) in [5.74, 6) is -0.728. The molecular formula is C22H30N2O5. The molecule has 3 rings (SSSR count). The van der Waals surface area contributed by atoms with Gasteiger partial charge in [-0.3, -0.25) is 14.7 Å². The third kappa shape index (κ3) is 4.40. The smallest absolute Gasteiger partial charge is 0.312 e. The summed E-state index contributed by atoms with van der Waals surface area (Å²) in [4.78, 5) is 25.3. The molecule has 0 spiro atoms. The highest BCUT2D eigenvalue weighted by Gasteiger charge is 2.51. The van der Waals surface area contributed by atoms with Crippen LogP contribution in [0.5, 0.6) is 5.75 Å². The molecule has 2 aromatic rings. The van der Waals surface area contributed by atoms with Crippen molar-refractivity contribution in [3.63, 3.8) is 0 Å². The number of hydrogen-bond donors (Lipinski definition) is 3. The summed E-state index contributed by atoms with van der Waals surface area (Å²) in [6.45, 7) is 8.45. The van der Waals surface area contributed by atoms with Crippen LogP contribution in [0.4, 0.5) is 0 Å². The summed E-state index contributed by atoms with van der Waals surface area (Å²) in [5.41, 5.74) is 0.199. The average molecular weight is 402 g/mol. The Kier molecular flexibility index (Phi) is 6.17. The second-order valence-corrected chi connectivity index (χ2v) is 8.31. The Morgan fingerprint density at radius 2 is 1.97 bits per heavy atom. The predicted molar refractivity (Wildman–Crippen MR) is 109 cm³/mol. The van der Waals surface area contributed by atoms with Crippen LogP contribution in [0.3, 0.4) is 0 Å². The SMILES string of the molecule is CCOC(=O)C1C(c2ccc(OCCC(C)C)cc2)c2c([nH][nH]c2=O)CC1(C)O. The van der Waals surface area contributed by atoms with Gasteiger partial charge in [0.2, 0.25) is 0 Å². The number of carbonyl (C=O) groups is 1. The third-order valence-corrected chi connectivity index (χ3v) is 5.49. The van der Waals surface area contributed by atoms with Crippen LogP contribution in [-0.2, 0) is 16.0 Å². The lowest BCUT2D eigenvalue weighted by atomic mass is 9.66. The summed E-state index contributed by atoms with van der Waals surface area (Å²) < 4.78 is 11.0. The fourth-order valence-corrected chi connectivity index (χ4v) is 4.03. The van der Waals surface area contributed by atoms with E-state index in [1.807, 2.05) is 24.3 Å². The quantitative estimate of drug-likeness (QED) is 0.618. The molecule has 7 heteroatoms. The Morgan fingerprint density at radius 3 is 2.59 bits per heavy atom. The Morgan fingerprint density at radius 1 is 1.28 bits per heavy atom. The minimum absolute atomic E-state index is 0.164. The number of hydrogen-bond acceptors (Lipinski definition) is 5. The van der Waals surface area contributed by atoms with Crippen molar-refractivity contribution in [2.45, 2.75) is 52.1 Å². The van der Waals surface area contributed by atoms with Crippen LogP contribution >= 0.6 is 0 Å². The maximum Gasteiger partial charge on any atom is 0.312 e. The van der Waals surface area contributed by atoms with Gasteiger partial charge in [0.05, 0.1) is 24.7 Å². The Hall–Kier alpha value is -2.54. The van der Waals surface area contributed by atoms with E-state index in [9.17, 15) is 14.7 Å². The van der Waals surface area contributed by atoms with Gasteiger partial charge in [-0.2, -0.15) is 0 Å². The van der Waals surface area contributed by atoms with E-state index in [4.69, 9.17) is 9.47 Å². The molecule has 3 atom stereocenters. The van der Waals surface area contributed by atoms with E-state index >= 15 is 0 Å². The molecule has 7 nitrogen and oxygen atoms in total. The monoisotopic (exact) mass is 402 g/mol. The number of carbonyl (C=O) groups excluding carboxylic acids is 1. The number of rotatable bonds is 7. The van der Waals surface area contributed by atoms with E-state index in [1.165, 1.54) is 0 Å². The van der Waals surface area contributed by atoms with E-state index in [2.05, 4.69) is 24.0 Å². The van der Waals surface area contributed by atoms with Gasteiger partial charge in [0.1, 0.15) is 5.75 Å². The first kappa shape index (κ1) is 21.2. The van der Waals surface area contributed by atoms with Crippen LogP contribution < -0.4 is 10.3 Å². The van der Waals surface area contributed by atoms with Crippen molar-refractivity contribution in [3.05, 3.63) is 51.4 Å². The minimum atomic E-state index is -1.36. The van der Waals surface area contributed by atoms with Crippen molar-refractivity contribution < 1.29 is 19.4 Å². The minimum Gasteiger partial charge on any atom is -0.494 e. The third-order valence-electron chi connectivity index (χ3n) is 5.49. The van der Waals surface area contributed by atoms with Crippen molar-refractivity contribution in [3.8, 4) is 5.75 Å². The number of esters is 1. The number of nitrogens with one attached hydrogen (secondary N) is 2. The number of H-pyrrole nitrogens is 2. The van der Waals surface area contributed by atoms with Crippen LogP contribution in [-0.4, -0.2) is 40.1 Å². The number of aromatic amines is 2. The molecule has 0 radical (unpaired) electrons. The van der Waals surface area contributed by atoms with E-state index in [-0.39, 0.29) is 18.6 Å². The maximum absolute atomic E-state index is 12.8. The zero-order valence-electron chi connectivity index (χ0n) is 17.5. The second kappa shape index (κ2) is 8.45. The van der Waals surface area contributed by atoms with Gasteiger partial charge in [-0.25, -0.2) is 0 Å². The number of fused-ring (bicyclic) bond motifs is 1. The van der Waals surface area contributed by atoms with Gasteiger partial charge >= 0.3 is 5.97 Å². The fourth-order valence-electron chi connectivity index (χ4n) is 4.03. The standard InChI is InChI=1S/C22H30N2O5/c1-5-28-21(26)19-17(18-16(12-22(19,4)27)23-24-20(18)25)14-6-8-15(9-7-14)29-11-10-13(2)3/h6-9,13,17,19,27H,5,10-12H2,1-4H3,(H2,23,24,25). The molecule has 3 N–H and O–H groups in total. The van der Waals surface area contributed by atoms with Crippen LogP contribution in [0.15, 0.2) is 29.1 Å². The molecule has 3 unspecified atom stereocenters. The van der Waals surface area contributed by atoms with E-state index < -0.39 is 23.4 Å². The summed E-state index contributed by atoms with van der Waals surface area (Å²) >= 11 is 0. The second-order valence-electron chi connectivity index (χ2n) is 8.31. The fraction of sp³-hybridized carbons (Fsp3) is 0.545. The van der Waals surface area contributed by atoms with Crippen LogP contribution in [0.1, 0.15) is 56.9 Å². The molecule has 0 saturated carbocycles. The Bertz CT molecular complexity index is 895. The highest BCUT2D eigenvalue weighted by molar-refractivity contribution is 5.77. The number of ether oxygens (including phenoxy) is 2. The van der Waals surface area contributed by atoms with Gasteiger partial charge in [0.25, 0.3) is 5.56 Å². The van der Waals surface area contributed by atoms with Crippen molar-refractivity contribution in [1.82, 2.24) is 10.2 Å². The molecule has 29 heavy (non-hydrogen) atoms. The van der Waals surface area contributed by atoms with E-state index in [1.54, 1.807) is 13.8 Å². The molecule has 1 aliphatic rings. The van der Waals surface area contributed by atoms with Gasteiger partial charge < -0.3 is 19.7 Å². The van der Waals surface area contributed by atoms with E-state index in [0.717, 1.165) is 17.7 Å². The van der Waals surface area contributed by atoms with Crippen LogP contribution in [0.25, 0.3) is 0 Å². The first-order valence-electron chi connectivity index (χ1n) is 10.2. The molecule has 0 fully saturated rings. The molecule has 0 amide bonds. The molecule has 0 aliphatic heterocycles. The molecular weight excluding hydrogens is 372 g/mol. The van der Waals surface area contributed by atoms with Gasteiger partial charge in [-0.1, -0.05) is 26.0 Å². The van der Waals surface area contributed by atoms with Crippen molar-refractivity contribution in [1.29, 1.82) is 0 Å². The largest absolute Gasteiger partial charge is 0.494 e. The van der Waals surface area contributed by atoms with Gasteiger partial charge in [0, 0.05) is 23.6 Å². The summed E-state index contributed by atoms with van der Waals surface area (Å²) in [7, 11) is 0. The van der Waals surface area contributed by atoms with Crippen molar-refractivity contribution in [2.24, 2.45) is 11.8 Å². The molecule has 0 saturated heterocycles. The normalized spacial score (nSPS) is 23.7. The van der Waals surface area contributed by atoms with Crippen molar-refractivity contribution >= 4 is 5.97 Å². The highest BCUT2D eigenvalue weighted by Crippen LogP contribution is 2.44. The zero-order valence-corrected chi connectivity index (χ0v) is 17.5. The predicted octanol–water partition coefficient (Wildman–Crippen LogP) is 2.75. The number of aromatic nitrogens is 2. The zero-order chi connectivity index (χ0) is 21.2.